The molecule has 0 saturated heterocycles. The highest BCUT2D eigenvalue weighted by Crippen LogP contribution is 2.46. The van der Waals surface area contributed by atoms with E-state index in [0.29, 0.717) is 28.5 Å². The minimum Gasteiger partial charge on any atom is -0.493 e. The van der Waals surface area contributed by atoms with Crippen LogP contribution in [0.25, 0.3) is 0 Å². The molecule has 29 heavy (non-hydrogen) atoms. The van der Waals surface area contributed by atoms with E-state index >= 15 is 0 Å². The van der Waals surface area contributed by atoms with E-state index in [-0.39, 0.29) is 11.9 Å². The Morgan fingerprint density at radius 1 is 1.07 bits per heavy atom. The van der Waals surface area contributed by atoms with Gasteiger partial charge in [-0.1, -0.05) is 6.07 Å². The average molecular weight is 429 g/mol. The van der Waals surface area contributed by atoms with Gasteiger partial charge in [0.25, 0.3) is 5.91 Å². The molecule has 0 N–H and O–H groups in total. The molecule has 1 amide bonds. The van der Waals surface area contributed by atoms with Gasteiger partial charge in [0.15, 0.2) is 11.5 Å². The van der Waals surface area contributed by atoms with Gasteiger partial charge in [-0.15, -0.1) is 11.3 Å². The summed E-state index contributed by atoms with van der Waals surface area (Å²) >= 11 is 3.01. The van der Waals surface area contributed by atoms with Gasteiger partial charge in [0, 0.05) is 17.5 Å². The van der Waals surface area contributed by atoms with E-state index < -0.39 is 0 Å². The fourth-order valence-corrected chi connectivity index (χ4v) is 4.76. The van der Waals surface area contributed by atoms with E-state index in [9.17, 15) is 4.79 Å². The van der Waals surface area contributed by atoms with Crippen LogP contribution in [0.2, 0.25) is 0 Å². The third kappa shape index (κ3) is 3.49. The fraction of sp³-hybridized carbons (Fsp3) is 0.238. The topological polar surface area (TPSA) is 60.4 Å². The van der Waals surface area contributed by atoms with Gasteiger partial charge in [-0.25, -0.2) is 5.01 Å². The molecule has 0 bridgehead atoms. The molecule has 4 rings (SSSR count). The van der Waals surface area contributed by atoms with E-state index in [0.717, 1.165) is 16.8 Å². The third-order valence-electron chi connectivity index (χ3n) is 4.80. The number of hydrogen-bond donors (Lipinski definition) is 0. The molecule has 3 heterocycles. The molecule has 0 unspecified atom stereocenters. The molecular weight excluding hydrogens is 408 g/mol. The summed E-state index contributed by atoms with van der Waals surface area (Å²) in [6, 6.07) is 9.12. The Labute approximate surface area is 177 Å². The monoisotopic (exact) mass is 428 g/mol. The summed E-state index contributed by atoms with van der Waals surface area (Å²) in [5.41, 5.74) is 2.72. The highest BCUT2D eigenvalue weighted by Gasteiger charge is 2.37. The first-order chi connectivity index (χ1) is 14.2. The van der Waals surface area contributed by atoms with Crippen molar-refractivity contribution in [3.8, 4) is 17.2 Å². The number of rotatable bonds is 6. The van der Waals surface area contributed by atoms with Crippen LogP contribution in [-0.4, -0.2) is 38.0 Å². The fourth-order valence-electron chi connectivity index (χ4n) is 3.44. The Hall–Kier alpha value is -2.84. The molecule has 150 valence electrons. The Bertz CT molecular complexity index is 1030. The van der Waals surface area contributed by atoms with Gasteiger partial charge in [-0.2, -0.15) is 16.4 Å². The molecule has 1 aromatic carbocycles. The number of thiophene rings is 2. The SMILES string of the molecule is COc1ccc([C@H]2CC(c3ccsc3)=NN2C(=O)c2cccs2)c(OC)c1OC. The summed E-state index contributed by atoms with van der Waals surface area (Å²) in [6.45, 7) is 0. The van der Waals surface area contributed by atoms with Crippen molar-refractivity contribution in [3.63, 3.8) is 0 Å². The molecular formula is C21H20N2O4S2. The highest BCUT2D eigenvalue weighted by atomic mass is 32.1. The van der Waals surface area contributed by atoms with E-state index in [2.05, 4.69) is 0 Å². The zero-order valence-corrected chi connectivity index (χ0v) is 17.9. The van der Waals surface area contributed by atoms with Crippen LogP contribution in [0.5, 0.6) is 17.2 Å². The van der Waals surface area contributed by atoms with Crippen LogP contribution >= 0.6 is 22.7 Å². The number of ether oxygens (including phenoxy) is 3. The lowest BCUT2D eigenvalue weighted by Gasteiger charge is -2.24. The quantitative estimate of drug-likeness (QED) is 0.564. The number of methoxy groups -OCH3 is 3. The molecule has 6 nitrogen and oxygen atoms in total. The standard InChI is InChI=1S/C21H20N2O4S2/c1-25-17-7-6-14(19(26-2)20(17)27-3)16-11-15(13-8-10-28-12-13)22-23(16)21(24)18-5-4-9-29-18/h4-10,12,16H,11H2,1-3H3/t16-/m1/s1. The number of benzene rings is 1. The zero-order chi connectivity index (χ0) is 20.4. The smallest absolute Gasteiger partial charge is 0.284 e. The third-order valence-corrected chi connectivity index (χ3v) is 6.34. The Balaban J connectivity index is 1.80. The normalized spacial score (nSPS) is 15.9. The van der Waals surface area contributed by atoms with Crippen LogP contribution in [0, 0.1) is 0 Å². The minimum atomic E-state index is -0.311. The van der Waals surface area contributed by atoms with Crippen molar-refractivity contribution in [2.45, 2.75) is 12.5 Å². The van der Waals surface area contributed by atoms with Crippen molar-refractivity contribution in [2.24, 2.45) is 5.10 Å². The maximum atomic E-state index is 13.2. The highest BCUT2D eigenvalue weighted by molar-refractivity contribution is 7.12. The number of amides is 1. The Morgan fingerprint density at radius 3 is 2.52 bits per heavy atom. The molecule has 0 saturated carbocycles. The van der Waals surface area contributed by atoms with Crippen LogP contribution in [0.1, 0.15) is 33.3 Å². The van der Waals surface area contributed by atoms with E-state index in [4.69, 9.17) is 19.3 Å². The predicted molar refractivity (Wildman–Crippen MR) is 115 cm³/mol. The van der Waals surface area contributed by atoms with Crippen LogP contribution < -0.4 is 14.2 Å². The van der Waals surface area contributed by atoms with Crippen LogP contribution in [0.3, 0.4) is 0 Å². The molecule has 2 aromatic heterocycles. The second-order valence-electron chi connectivity index (χ2n) is 6.33. The molecule has 0 radical (unpaired) electrons. The number of hydrogen-bond acceptors (Lipinski definition) is 7. The van der Waals surface area contributed by atoms with Crippen molar-refractivity contribution in [1.29, 1.82) is 0 Å². The summed E-state index contributed by atoms with van der Waals surface area (Å²) in [6.07, 6.45) is 0.583. The number of hydrazone groups is 1. The molecule has 8 heteroatoms. The largest absolute Gasteiger partial charge is 0.493 e. The first kappa shape index (κ1) is 19.5. The van der Waals surface area contributed by atoms with Crippen molar-refractivity contribution in [3.05, 3.63) is 62.5 Å². The summed E-state index contributed by atoms with van der Waals surface area (Å²) in [4.78, 5) is 13.9. The first-order valence-corrected chi connectivity index (χ1v) is 10.8. The van der Waals surface area contributed by atoms with Gasteiger partial charge in [-0.3, -0.25) is 4.79 Å². The van der Waals surface area contributed by atoms with Gasteiger partial charge >= 0.3 is 0 Å². The van der Waals surface area contributed by atoms with E-state index in [1.165, 1.54) is 11.3 Å². The maximum Gasteiger partial charge on any atom is 0.284 e. The predicted octanol–water partition coefficient (Wildman–Crippen LogP) is 4.83. The zero-order valence-electron chi connectivity index (χ0n) is 16.2. The Kier molecular flexibility index (Phi) is 5.55. The van der Waals surface area contributed by atoms with Crippen molar-refractivity contribution < 1.29 is 19.0 Å². The van der Waals surface area contributed by atoms with Gasteiger partial charge in [0.2, 0.25) is 5.75 Å². The lowest BCUT2D eigenvalue weighted by molar-refractivity contribution is 0.0714. The van der Waals surface area contributed by atoms with Crippen LogP contribution in [-0.2, 0) is 0 Å². The van der Waals surface area contributed by atoms with Crippen LogP contribution in [0.15, 0.2) is 51.6 Å². The van der Waals surface area contributed by atoms with Gasteiger partial charge in [0.1, 0.15) is 0 Å². The number of carbonyl (C=O) groups is 1. The molecule has 3 aromatic rings. The van der Waals surface area contributed by atoms with Gasteiger partial charge < -0.3 is 14.2 Å². The minimum absolute atomic E-state index is 0.132. The second kappa shape index (κ2) is 8.26. The molecule has 1 aliphatic heterocycles. The summed E-state index contributed by atoms with van der Waals surface area (Å²) in [5.74, 6) is 1.48. The number of carbonyl (C=O) groups excluding carboxylic acids is 1. The summed E-state index contributed by atoms with van der Waals surface area (Å²) in [7, 11) is 4.74. The molecule has 1 aliphatic rings. The maximum absolute atomic E-state index is 13.2. The van der Waals surface area contributed by atoms with E-state index in [1.807, 2.05) is 46.5 Å². The number of nitrogens with zero attached hydrogens (tertiary/aromatic N) is 2. The first-order valence-electron chi connectivity index (χ1n) is 8.94. The Morgan fingerprint density at radius 2 is 1.90 bits per heavy atom. The summed E-state index contributed by atoms with van der Waals surface area (Å²) in [5, 5.41) is 12.2. The molecule has 0 aliphatic carbocycles. The van der Waals surface area contributed by atoms with Gasteiger partial charge in [0.05, 0.1) is 38.0 Å². The van der Waals surface area contributed by atoms with E-state index in [1.54, 1.807) is 37.7 Å². The lowest BCUT2D eigenvalue weighted by atomic mass is 9.98. The molecule has 0 fully saturated rings. The van der Waals surface area contributed by atoms with Crippen molar-refractivity contribution in [2.75, 3.05) is 21.3 Å². The van der Waals surface area contributed by atoms with Crippen molar-refractivity contribution in [1.82, 2.24) is 5.01 Å². The van der Waals surface area contributed by atoms with Crippen LogP contribution in [0.4, 0.5) is 0 Å². The average Bonchev–Trinajstić information content (AvgIpc) is 3.52. The summed E-state index contributed by atoms with van der Waals surface area (Å²) < 4.78 is 16.6. The lowest BCUT2D eigenvalue weighted by Crippen LogP contribution is -2.26. The molecule has 1 atom stereocenters. The second-order valence-corrected chi connectivity index (χ2v) is 8.06. The molecule has 0 spiro atoms. The van der Waals surface area contributed by atoms with Gasteiger partial charge in [-0.05, 0) is 40.4 Å². The van der Waals surface area contributed by atoms with Crippen molar-refractivity contribution >= 4 is 34.3 Å².